The van der Waals surface area contributed by atoms with Crippen LogP contribution in [0.2, 0.25) is 0 Å². The van der Waals surface area contributed by atoms with E-state index < -0.39 is 15.7 Å². The van der Waals surface area contributed by atoms with Crippen molar-refractivity contribution in [3.63, 3.8) is 0 Å². The fraction of sp³-hybridized carbons (Fsp3) is 0.263. The molecule has 0 saturated heterocycles. The third-order valence-electron chi connectivity index (χ3n) is 3.68. The van der Waals surface area contributed by atoms with Gasteiger partial charge in [-0.1, -0.05) is 24.3 Å². The van der Waals surface area contributed by atoms with Crippen LogP contribution in [0.25, 0.3) is 0 Å². The summed E-state index contributed by atoms with van der Waals surface area (Å²) in [4.78, 5) is 24.1. The molecule has 2 aromatic rings. The molecule has 7 nitrogen and oxygen atoms in total. The van der Waals surface area contributed by atoms with Gasteiger partial charge in [-0.3, -0.25) is 9.59 Å². The second-order valence-corrected chi connectivity index (χ2v) is 8.22. The number of hydrogen-bond donors (Lipinski definition) is 2. The van der Waals surface area contributed by atoms with Crippen molar-refractivity contribution in [1.29, 1.82) is 0 Å². The van der Waals surface area contributed by atoms with Crippen LogP contribution >= 0.6 is 0 Å². The topological polar surface area (TPSA) is 102 Å². The molecule has 0 spiro atoms. The molecule has 0 aromatic heterocycles. The van der Waals surface area contributed by atoms with Gasteiger partial charge >= 0.3 is 0 Å². The highest BCUT2D eigenvalue weighted by Gasteiger charge is 2.11. The lowest BCUT2D eigenvalue weighted by molar-refractivity contribution is -0.120. The van der Waals surface area contributed by atoms with Crippen molar-refractivity contribution in [2.45, 2.75) is 12.3 Å². The Kier molecular flexibility index (Phi) is 6.95. The zero-order valence-corrected chi connectivity index (χ0v) is 16.0. The van der Waals surface area contributed by atoms with Crippen LogP contribution in [-0.4, -0.2) is 40.1 Å². The summed E-state index contributed by atoms with van der Waals surface area (Å²) in [6.45, 7) is 0.161. The van der Waals surface area contributed by atoms with E-state index in [4.69, 9.17) is 4.74 Å². The van der Waals surface area contributed by atoms with Gasteiger partial charge in [0.05, 0.1) is 19.4 Å². The first-order valence-corrected chi connectivity index (χ1v) is 10.3. The molecule has 2 aromatic carbocycles. The molecule has 0 unspecified atom stereocenters. The zero-order chi connectivity index (χ0) is 19.9. The molecule has 0 bridgehead atoms. The standard InChI is InChI=1S/C19H22N2O5S/c1-26-17-8-6-14(7-9-17)11-20-18(22)12-21-19(23)16-5-3-4-15(10-16)13-27(2,24)25/h3-10H,11-13H2,1-2H3,(H,20,22)(H,21,23). The fourth-order valence-corrected chi connectivity index (χ4v) is 3.16. The Labute approximate surface area is 158 Å². The third-order valence-corrected chi connectivity index (χ3v) is 4.53. The van der Waals surface area contributed by atoms with Crippen molar-refractivity contribution in [2.75, 3.05) is 19.9 Å². The summed E-state index contributed by atoms with van der Waals surface area (Å²) in [7, 11) is -1.61. The monoisotopic (exact) mass is 390 g/mol. The van der Waals surface area contributed by atoms with E-state index in [-0.39, 0.29) is 18.2 Å². The average Bonchev–Trinajstić information content (AvgIpc) is 2.63. The van der Waals surface area contributed by atoms with Crippen LogP contribution in [0.4, 0.5) is 0 Å². The number of nitrogens with one attached hydrogen (secondary N) is 2. The van der Waals surface area contributed by atoms with E-state index in [2.05, 4.69) is 10.6 Å². The SMILES string of the molecule is COc1ccc(CNC(=O)CNC(=O)c2cccc(CS(C)(=O)=O)c2)cc1. The zero-order valence-electron chi connectivity index (χ0n) is 15.2. The van der Waals surface area contributed by atoms with E-state index >= 15 is 0 Å². The molecular weight excluding hydrogens is 368 g/mol. The van der Waals surface area contributed by atoms with Gasteiger partial charge in [-0.15, -0.1) is 0 Å². The summed E-state index contributed by atoms with van der Waals surface area (Å²) in [6.07, 6.45) is 1.13. The Hall–Kier alpha value is -2.87. The molecule has 0 heterocycles. The molecule has 2 N–H and O–H groups in total. The van der Waals surface area contributed by atoms with Gasteiger partial charge < -0.3 is 15.4 Å². The molecule has 0 radical (unpaired) electrons. The Morgan fingerprint density at radius 2 is 1.70 bits per heavy atom. The molecule has 8 heteroatoms. The summed E-state index contributed by atoms with van der Waals surface area (Å²) in [6, 6.07) is 13.6. The number of carbonyl (C=O) groups is 2. The minimum absolute atomic E-state index is 0.142. The maximum atomic E-state index is 12.2. The number of ether oxygens (including phenoxy) is 1. The molecule has 27 heavy (non-hydrogen) atoms. The number of amides is 2. The predicted octanol–water partition coefficient (Wildman–Crippen LogP) is 1.29. The maximum Gasteiger partial charge on any atom is 0.251 e. The van der Waals surface area contributed by atoms with Crippen molar-refractivity contribution >= 4 is 21.7 Å². The Bertz CT molecular complexity index is 908. The van der Waals surface area contributed by atoms with Gasteiger partial charge in [0.2, 0.25) is 5.91 Å². The molecule has 0 aliphatic rings. The van der Waals surface area contributed by atoms with Gasteiger partial charge in [0.1, 0.15) is 5.75 Å². The summed E-state index contributed by atoms with van der Waals surface area (Å²) < 4.78 is 27.8. The van der Waals surface area contributed by atoms with Gasteiger partial charge in [0.25, 0.3) is 5.91 Å². The van der Waals surface area contributed by atoms with Crippen molar-refractivity contribution in [3.8, 4) is 5.75 Å². The first kappa shape index (κ1) is 20.4. The molecule has 0 aliphatic heterocycles. The van der Waals surface area contributed by atoms with Gasteiger partial charge in [-0.25, -0.2) is 8.42 Å². The molecular formula is C19H22N2O5S. The van der Waals surface area contributed by atoms with E-state index in [9.17, 15) is 18.0 Å². The average molecular weight is 390 g/mol. The molecule has 2 amide bonds. The van der Waals surface area contributed by atoms with E-state index in [0.29, 0.717) is 17.7 Å². The highest BCUT2D eigenvalue weighted by atomic mass is 32.2. The maximum absolute atomic E-state index is 12.2. The quantitative estimate of drug-likeness (QED) is 0.707. The highest BCUT2D eigenvalue weighted by Crippen LogP contribution is 2.11. The first-order valence-electron chi connectivity index (χ1n) is 8.21. The number of sulfone groups is 1. The molecule has 2 rings (SSSR count). The van der Waals surface area contributed by atoms with Crippen LogP contribution < -0.4 is 15.4 Å². The van der Waals surface area contributed by atoms with Crippen molar-refractivity contribution in [3.05, 3.63) is 65.2 Å². The van der Waals surface area contributed by atoms with Gasteiger partial charge in [0.15, 0.2) is 9.84 Å². The van der Waals surface area contributed by atoms with Crippen molar-refractivity contribution in [1.82, 2.24) is 10.6 Å². The van der Waals surface area contributed by atoms with Gasteiger partial charge in [0, 0.05) is 18.4 Å². The summed E-state index contributed by atoms with van der Waals surface area (Å²) in [5, 5.41) is 5.23. The van der Waals surface area contributed by atoms with E-state index in [1.807, 2.05) is 12.1 Å². The number of methoxy groups -OCH3 is 1. The van der Waals surface area contributed by atoms with Crippen molar-refractivity contribution < 1.29 is 22.7 Å². The number of carbonyl (C=O) groups excluding carboxylic acids is 2. The van der Waals surface area contributed by atoms with Crippen LogP contribution in [0.3, 0.4) is 0 Å². The van der Waals surface area contributed by atoms with Crippen LogP contribution in [-0.2, 0) is 26.9 Å². The highest BCUT2D eigenvalue weighted by molar-refractivity contribution is 7.89. The van der Waals surface area contributed by atoms with E-state index in [1.54, 1.807) is 37.4 Å². The van der Waals surface area contributed by atoms with E-state index in [1.165, 1.54) is 6.07 Å². The van der Waals surface area contributed by atoms with Crippen molar-refractivity contribution in [2.24, 2.45) is 0 Å². The Balaban J connectivity index is 1.83. The first-order chi connectivity index (χ1) is 12.8. The van der Waals surface area contributed by atoms with Crippen LogP contribution in [0.15, 0.2) is 48.5 Å². The van der Waals surface area contributed by atoms with Gasteiger partial charge in [-0.05, 0) is 35.4 Å². The Morgan fingerprint density at radius 1 is 1.00 bits per heavy atom. The lowest BCUT2D eigenvalue weighted by atomic mass is 10.1. The third kappa shape index (κ3) is 7.10. The summed E-state index contributed by atoms with van der Waals surface area (Å²) >= 11 is 0. The molecule has 0 aliphatic carbocycles. The number of benzene rings is 2. The van der Waals surface area contributed by atoms with Crippen LogP contribution in [0, 0.1) is 0 Å². The van der Waals surface area contributed by atoms with E-state index in [0.717, 1.165) is 17.6 Å². The summed E-state index contributed by atoms with van der Waals surface area (Å²) in [5.41, 5.74) is 1.73. The lowest BCUT2D eigenvalue weighted by Crippen LogP contribution is -2.36. The van der Waals surface area contributed by atoms with Crippen LogP contribution in [0.1, 0.15) is 21.5 Å². The summed E-state index contributed by atoms with van der Waals surface area (Å²) in [5.74, 6) is -0.178. The normalized spacial score (nSPS) is 10.9. The smallest absolute Gasteiger partial charge is 0.251 e. The minimum atomic E-state index is -3.19. The number of hydrogen-bond acceptors (Lipinski definition) is 5. The minimum Gasteiger partial charge on any atom is -0.497 e. The molecule has 0 atom stereocenters. The Morgan fingerprint density at radius 3 is 2.33 bits per heavy atom. The van der Waals surface area contributed by atoms with Crippen LogP contribution in [0.5, 0.6) is 5.75 Å². The lowest BCUT2D eigenvalue weighted by Gasteiger charge is -2.08. The molecule has 0 fully saturated rings. The molecule has 144 valence electrons. The number of rotatable bonds is 8. The predicted molar refractivity (Wildman–Crippen MR) is 102 cm³/mol. The fourth-order valence-electron chi connectivity index (χ4n) is 2.37. The second-order valence-electron chi connectivity index (χ2n) is 6.08. The second kappa shape index (κ2) is 9.18. The molecule has 0 saturated carbocycles. The van der Waals surface area contributed by atoms with Gasteiger partial charge in [-0.2, -0.15) is 0 Å². The largest absolute Gasteiger partial charge is 0.497 e.